The molecular formula is C46H98N2+2. The van der Waals surface area contributed by atoms with Crippen LogP contribution in [0.15, 0.2) is 0 Å². The Morgan fingerprint density at radius 3 is 0.750 bits per heavy atom. The Balaban J connectivity index is 4.02. The molecule has 0 N–H and O–H groups in total. The van der Waals surface area contributed by atoms with E-state index in [-0.39, 0.29) is 0 Å². The van der Waals surface area contributed by atoms with Gasteiger partial charge < -0.3 is 8.97 Å². The molecule has 0 aromatic carbocycles. The summed E-state index contributed by atoms with van der Waals surface area (Å²) in [5, 5.41) is 0. The van der Waals surface area contributed by atoms with Crippen LogP contribution in [0.5, 0.6) is 0 Å². The number of unbranched alkanes of at least 4 members (excludes halogenated alkanes) is 3. The highest BCUT2D eigenvalue weighted by atomic mass is 15.3. The molecule has 0 aliphatic heterocycles. The third kappa shape index (κ3) is 26.7. The van der Waals surface area contributed by atoms with Crippen molar-refractivity contribution in [2.45, 2.75) is 223 Å². The van der Waals surface area contributed by atoms with E-state index in [1.807, 2.05) is 0 Å². The normalized spacial score (nSPS) is 16.8. The van der Waals surface area contributed by atoms with Gasteiger partial charge in [0.15, 0.2) is 0 Å². The van der Waals surface area contributed by atoms with Gasteiger partial charge in [-0.05, 0) is 101 Å². The van der Waals surface area contributed by atoms with Crippen molar-refractivity contribution in [2.75, 3.05) is 41.3 Å². The molecule has 0 saturated carbocycles. The summed E-state index contributed by atoms with van der Waals surface area (Å²) in [4.78, 5) is 0. The van der Waals surface area contributed by atoms with E-state index in [9.17, 15) is 0 Å². The third-order valence-corrected chi connectivity index (χ3v) is 13.0. The second-order valence-electron chi connectivity index (χ2n) is 19.9. The van der Waals surface area contributed by atoms with Gasteiger partial charge in [0.2, 0.25) is 0 Å². The van der Waals surface area contributed by atoms with Crippen LogP contribution in [0.25, 0.3) is 0 Å². The van der Waals surface area contributed by atoms with Crippen molar-refractivity contribution in [3.63, 3.8) is 0 Å². The molecule has 2 nitrogen and oxygen atoms in total. The quantitative estimate of drug-likeness (QED) is 0.0479. The summed E-state index contributed by atoms with van der Waals surface area (Å²) < 4.78 is 2.41. The van der Waals surface area contributed by atoms with Crippen molar-refractivity contribution in [1.82, 2.24) is 0 Å². The van der Waals surface area contributed by atoms with Gasteiger partial charge in [0, 0.05) is 0 Å². The topological polar surface area (TPSA) is 0 Å². The molecule has 0 amide bonds. The van der Waals surface area contributed by atoms with Crippen molar-refractivity contribution >= 4 is 0 Å². The van der Waals surface area contributed by atoms with Crippen molar-refractivity contribution < 1.29 is 8.97 Å². The zero-order valence-corrected chi connectivity index (χ0v) is 36.5. The minimum absolute atomic E-state index is 0.778. The molecule has 0 aromatic heterocycles. The summed E-state index contributed by atoms with van der Waals surface area (Å²) in [6, 6.07) is 1.56. The highest BCUT2D eigenvalue weighted by Crippen LogP contribution is 2.25. The average Bonchev–Trinajstić information content (AvgIpc) is 2.98. The molecule has 290 valence electrons. The molecule has 0 rings (SSSR count). The minimum Gasteiger partial charge on any atom is -0.326 e. The average molecular weight is 679 g/mol. The van der Waals surface area contributed by atoms with Crippen LogP contribution >= 0.6 is 0 Å². The molecule has 0 aromatic rings. The van der Waals surface area contributed by atoms with Crippen LogP contribution in [0.2, 0.25) is 0 Å². The van der Waals surface area contributed by atoms with Gasteiger partial charge in [0.25, 0.3) is 0 Å². The van der Waals surface area contributed by atoms with Crippen LogP contribution in [-0.2, 0) is 0 Å². The number of hydrogen-bond acceptors (Lipinski definition) is 0. The monoisotopic (exact) mass is 679 g/mol. The van der Waals surface area contributed by atoms with Crippen LogP contribution in [0.3, 0.4) is 0 Å². The Morgan fingerprint density at radius 1 is 0.271 bits per heavy atom. The first-order chi connectivity index (χ1) is 22.5. The summed E-state index contributed by atoms with van der Waals surface area (Å²) in [7, 11) is 9.97. The standard InChI is InChI=1S/C46H98N2/c1-39(2)25-19-27-41(5)29-21-31-43(7)33-23-35-45(9)47(11,12)37-17-15-16-18-38-48(13,14)46(10)36-24-34-44(8)32-22-30-42(6)28-20-26-40(3)4/h39-46H,15-38H2,1-14H3/q+2. The highest BCUT2D eigenvalue weighted by Gasteiger charge is 2.25. The maximum Gasteiger partial charge on any atom is 0.0857 e. The molecule has 0 heterocycles. The van der Waals surface area contributed by atoms with Gasteiger partial charge in [-0.1, -0.05) is 145 Å². The van der Waals surface area contributed by atoms with E-state index in [0.717, 1.165) is 47.6 Å². The zero-order valence-electron chi connectivity index (χ0n) is 36.5. The Kier molecular flexibility index (Phi) is 27.5. The first-order valence-electron chi connectivity index (χ1n) is 22.1. The molecule has 0 radical (unpaired) electrons. The highest BCUT2D eigenvalue weighted by molar-refractivity contribution is 4.63. The second kappa shape index (κ2) is 27.6. The molecule has 0 saturated heterocycles. The molecule has 6 atom stereocenters. The smallest absolute Gasteiger partial charge is 0.0857 e. The number of quaternary nitrogens is 2. The molecule has 0 bridgehead atoms. The number of hydrogen-bond donors (Lipinski definition) is 0. The summed E-state index contributed by atoms with van der Waals surface area (Å²) in [6.45, 7) is 27.1. The van der Waals surface area contributed by atoms with Crippen molar-refractivity contribution in [3.8, 4) is 0 Å². The predicted molar refractivity (Wildman–Crippen MR) is 221 cm³/mol. The van der Waals surface area contributed by atoms with E-state index in [2.05, 4.69) is 97.4 Å². The first kappa shape index (κ1) is 47.9. The summed E-state index contributed by atoms with van der Waals surface area (Å²) in [6.07, 6.45) is 31.2. The largest absolute Gasteiger partial charge is 0.326 e. The second-order valence-corrected chi connectivity index (χ2v) is 19.9. The zero-order chi connectivity index (χ0) is 36.6. The van der Waals surface area contributed by atoms with Crippen LogP contribution in [-0.4, -0.2) is 62.3 Å². The maximum atomic E-state index is 2.52. The SMILES string of the molecule is CC(C)CCCC(C)CCCC(C)CCCC(C)[N+](C)(C)CCCCCC[N+](C)(C)C(C)CCCC(C)CCCC(C)CCCC(C)C. The van der Waals surface area contributed by atoms with Crippen LogP contribution in [0.4, 0.5) is 0 Å². The summed E-state index contributed by atoms with van der Waals surface area (Å²) in [5.41, 5.74) is 0. The van der Waals surface area contributed by atoms with E-state index in [1.165, 1.54) is 163 Å². The van der Waals surface area contributed by atoms with E-state index >= 15 is 0 Å². The lowest BCUT2D eigenvalue weighted by Gasteiger charge is -2.37. The molecule has 48 heavy (non-hydrogen) atoms. The summed E-state index contributed by atoms with van der Waals surface area (Å²) in [5.74, 6) is 5.38. The van der Waals surface area contributed by atoms with Gasteiger partial charge >= 0.3 is 0 Å². The Morgan fingerprint density at radius 2 is 0.500 bits per heavy atom. The first-order valence-corrected chi connectivity index (χ1v) is 22.1. The molecule has 0 aliphatic rings. The van der Waals surface area contributed by atoms with Gasteiger partial charge in [0.05, 0.1) is 53.4 Å². The van der Waals surface area contributed by atoms with Gasteiger partial charge in [-0.2, -0.15) is 0 Å². The third-order valence-electron chi connectivity index (χ3n) is 13.0. The van der Waals surface area contributed by atoms with Gasteiger partial charge in [-0.3, -0.25) is 0 Å². The Hall–Kier alpha value is -0.0800. The Bertz CT molecular complexity index is 649. The molecule has 0 spiro atoms. The Labute approximate surface area is 307 Å². The van der Waals surface area contributed by atoms with Crippen LogP contribution in [0.1, 0.15) is 210 Å². The fourth-order valence-corrected chi connectivity index (χ4v) is 8.01. The van der Waals surface area contributed by atoms with E-state index in [1.54, 1.807) is 0 Å². The van der Waals surface area contributed by atoms with Gasteiger partial charge in [0.1, 0.15) is 0 Å². The van der Waals surface area contributed by atoms with Crippen molar-refractivity contribution in [1.29, 1.82) is 0 Å². The molecule has 0 aliphatic carbocycles. The van der Waals surface area contributed by atoms with Gasteiger partial charge in [-0.15, -0.1) is 0 Å². The van der Waals surface area contributed by atoms with Crippen molar-refractivity contribution in [2.24, 2.45) is 35.5 Å². The predicted octanol–water partition coefficient (Wildman–Crippen LogP) is 14.4. The number of nitrogens with zero attached hydrogens (tertiary/aromatic N) is 2. The fourth-order valence-electron chi connectivity index (χ4n) is 8.01. The molecule has 0 fully saturated rings. The molecule has 2 heteroatoms. The lowest BCUT2D eigenvalue weighted by molar-refractivity contribution is -0.914. The van der Waals surface area contributed by atoms with Crippen molar-refractivity contribution in [3.05, 3.63) is 0 Å². The van der Waals surface area contributed by atoms with E-state index < -0.39 is 0 Å². The lowest BCUT2D eigenvalue weighted by atomic mass is 9.91. The molecular weight excluding hydrogens is 581 g/mol. The maximum absolute atomic E-state index is 2.52. The molecule has 6 unspecified atom stereocenters. The fraction of sp³-hybridized carbons (Fsp3) is 1.00. The minimum atomic E-state index is 0.778. The lowest BCUT2D eigenvalue weighted by Crippen LogP contribution is -2.48. The van der Waals surface area contributed by atoms with Crippen LogP contribution in [0, 0.1) is 35.5 Å². The van der Waals surface area contributed by atoms with E-state index in [4.69, 9.17) is 0 Å². The van der Waals surface area contributed by atoms with Gasteiger partial charge in [-0.25, -0.2) is 0 Å². The number of rotatable bonds is 33. The van der Waals surface area contributed by atoms with E-state index in [0.29, 0.717) is 0 Å². The van der Waals surface area contributed by atoms with Crippen LogP contribution < -0.4 is 0 Å². The summed E-state index contributed by atoms with van der Waals surface area (Å²) >= 11 is 0.